The van der Waals surface area contributed by atoms with E-state index in [2.05, 4.69) is 11.8 Å². The van der Waals surface area contributed by atoms with Crippen LogP contribution in [0.5, 0.6) is 5.75 Å². The van der Waals surface area contributed by atoms with E-state index >= 15 is 0 Å². The molecule has 0 fully saturated rings. The third kappa shape index (κ3) is 3.93. The van der Waals surface area contributed by atoms with Gasteiger partial charge < -0.3 is 14.9 Å². The highest BCUT2D eigenvalue weighted by Crippen LogP contribution is 2.17. The van der Waals surface area contributed by atoms with Crippen molar-refractivity contribution in [1.82, 2.24) is 0 Å². The van der Waals surface area contributed by atoms with Crippen molar-refractivity contribution in [3.8, 4) is 17.6 Å². The van der Waals surface area contributed by atoms with Gasteiger partial charge in [-0.25, -0.2) is 0 Å². The van der Waals surface area contributed by atoms with E-state index in [1.165, 1.54) is 0 Å². The largest absolute Gasteiger partial charge is 0.497 e. The van der Waals surface area contributed by atoms with Crippen LogP contribution < -0.4 is 4.74 Å². The second-order valence-electron chi connectivity index (χ2n) is 4.00. The molecule has 0 aromatic heterocycles. The van der Waals surface area contributed by atoms with Gasteiger partial charge in [-0.1, -0.05) is 24.0 Å². The smallest absolute Gasteiger partial charge is 0.140 e. The molecule has 1 rings (SSSR count). The first-order chi connectivity index (χ1) is 7.42. The first-order valence-electron chi connectivity index (χ1n) is 4.99. The summed E-state index contributed by atoms with van der Waals surface area (Å²) in [7, 11) is 1.58. The predicted molar refractivity (Wildman–Crippen MR) is 62.0 cm³/mol. The lowest BCUT2D eigenvalue weighted by Gasteiger charge is -2.08. The van der Waals surface area contributed by atoms with Crippen LogP contribution in [0.15, 0.2) is 24.3 Å². The number of hydrogen-bond acceptors (Lipinski definition) is 3. The van der Waals surface area contributed by atoms with Gasteiger partial charge in [-0.2, -0.15) is 0 Å². The molecule has 1 aromatic rings. The molecule has 0 saturated carbocycles. The Bertz CT molecular complexity index is 390. The van der Waals surface area contributed by atoms with Crippen LogP contribution in [-0.2, 0) is 0 Å². The Morgan fingerprint density at radius 3 is 2.25 bits per heavy atom. The second kappa shape index (κ2) is 5.02. The SMILES string of the molecule is COc1ccc([C@H](O)C#CC(C)(C)O)cc1. The number of benzene rings is 1. The van der Waals surface area contributed by atoms with E-state index in [0.29, 0.717) is 5.56 Å². The molecule has 16 heavy (non-hydrogen) atoms. The van der Waals surface area contributed by atoms with Crippen LogP contribution in [0, 0.1) is 11.8 Å². The summed E-state index contributed by atoms with van der Waals surface area (Å²) in [5.74, 6) is 5.89. The monoisotopic (exact) mass is 220 g/mol. The van der Waals surface area contributed by atoms with Crippen molar-refractivity contribution in [3.05, 3.63) is 29.8 Å². The van der Waals surface area contributed by atoms with E-state index in [0.717, 1.165) is 5.75 Å². The van der Waals surface area contributed by atoms with Crippen LogP contribution in [0.3, 0.4) is 0 Å². The minimum Gasteiger partial charge on any atom is -0.497 e. The highest BCUT2D eigenvalue weighted by Gasteiger charge is 2.08. The molecule has 86 valence electrons. The van der Waals surface area contributed by atoms with Gasteiger partial charge in [0.2, 0.25) is 0 Å². The molecule has 0 aliphatic heterocycles. The van der Waals surface area contributed by atoms with Gasteiger partial charge in [0.05, 0.1) is 7.11 Å². The molecule has 1 atom stereocenters. The standard InChI is InChI=1S/C13H16O3/c1-13(2,15)9-8-12(14)10-4-6-11(16-3)7-5-10/h4-7,12,14-15H,1-3H3/t12-/m1/s1. The molecule has 0 spiro atoms. The van der Waals surface area contributed by atoms with Crippen LogP contribution >= 0.6 is 0 Å². The Morgan fingerprint density at radius 1 is 1.25 bits per heavy atom. The number of aliphatic hydroxyl groups is 2. The number of ether oxygens (including phenoxy) is 1. The van der Waals surface area contributed by atoms with Crippen molar-refractivity contribution in [3.63, 3.8) is 0 Å². The zero-order chi connectivity index (χ0) is 12.2. The minimum atomic E-state index is -1.09. The molecule has 0 aliphatic carbocycles. The lowest BCUT2D eigenvalue weighted by molar-refractivity contribution is 0.142. The Hall–Kier alpha value is -1.50. The third-order valence-corrected chi connectivity index (χ3v) is 1.95. The first kappa shape index (κ1) is 12.6. The third-order valence-electron chi connectivity index (χ3n) is 1.95. The number of methoxy groups -OCH3 is 1. The van der Waals surface area contributed by atoms with E-state index in [-0.39, 0.29) is 0 Å². The van der Waals surface area contributed by atoms with Crippen LogP contribution in [0.1, 0.15) is 25.5 Å². The molecule has 0 unspecified atom stereocenters. The summed E-state index contributed by atoms with van der Waals surface area (Å²) in [4.78, 5) is 0. The Labute approximate surface area is 95.7 Å². The predicted octanol–water partition coefficient (Wildman–Crippen LogP) is 1.50. The average Bonchev–Trinajstić information content (AvgIpc) is 2.25. The van der Waals surface area contributed by atoms with Gasteiger partial charge in [0, 0.05) is 0 Å². The molecule has 0 amide bonds. The van der Waals surface area contributed by atoms with Gasteiger partial charge in [0.25, 0.3) is 0 Å². The van der Waals surface area contributed by atoms with Gasteiger partial charge in [0.1, 0.15) is 17.5 Å². The molecule has 0 heterocycles. The van der Waals surface area contributed by atoms with Crippen LogP contribution in [0.25, 0.3) is 0 Å². The van der Waals surface area contributed by atoms with E-state index in [1.807, 2.05) is 0 Å². The molecule has 3 heteroatoms. The van der Waals surface area contributed by atoms with Gasteiger partial charge >= 0.3 is 0 Å². The molecule has 1 aromatic carbocycles. The highest BCUT2D eigenvalue weighted by molar-refractivity contribution is 5.32. The van der Waals surface area contributed by atoms with Crippen LogP contribution in [0.4, 0.5) is 0 Å². The lowest BCUT2D eigenvalue weighted by atomic mass is 10.1. The minimum absolute atomic E-state index is 0.678. The summed E-state index contributed by atoms with van der Waals surface area (Å²) in [6.45, 7) is 3.14. The van der Waals surface area contributed by atoms with Gasteiger partial charge in [0.15, 0.2) is 0 Å². The summed E-state index contributed by atoms with van der Waals surface area (Å²) in [6.07, 6.45) is -0.891. The normalized spacial score (nSPS) is 12.6. The van der Waals surface area contributed by atoms with Crippen molar-refractivity contribution >= 4 is 0 Å². The van der Waals surface area contributed by atoms with Gasteiger partial charge in [-0.05, 0) is 31.5 Å². The van der Waals surface area contributed by atoms with E-state index in [4.69, 9.17) is 4.74 Å². The summed E-state index contributed by atoms with van der Waals surface area (Å²) >= 11 is 0. The van der Waals surface area contributed by atoms with Crippen molar-refractivity contribution < 1.29 is 14.9 Å². The average molecular weight is 220 g/mol. The van der Waals surface area contributed by atoms with Crippen molar-refractivity contribution in [2.75, 3.05) is 7.11 Å². The second-order valence-corrected chi connectivity index (χ2v) is 4.00. The molecule has 0 bridgehead atoms. The lowest BCUT2D eigenvalue weighted by Crippen LogP contribution is -2.15. The van der Waals surface area contributed by atoms with Gasteiger partial charge in [-0.15, -0.1) is 0 Å². The maximum absolute atomic E-state index is 9.72. The van der Waals surface area contributed by atoms with Crippen LogP contribution in [0.2, 0.25) is 0 Å². The Kier molecular flexibility index (Phi) is 3.94. The number of hydrogen-bond donors (Lipinski definition) is 2. The summed E-state index contributed by atoms with van der Waals surface area (Å²) < 4.78 is 5.01. The molecule has 0 saturated heterocycles. The fourth-order valence-corrected chi connectivity index (χ4v) is 1.11. The molecule has 0 aliphatic rings. The van der Waals surface area contributed by atoms with E-state index < -0.39 is 11.7 Å². The summed E-state index contributed by atoms with van der Waals surface area (Å²) in [5.41, 5.74) is -0.412. The Morgan fingerprint density at radius 2 is 1.81 bits per heavy atom. The quantitative estimate of drug-likeness (QED) is 0.743. The van der Waals surface area contributed by atoms with Crippen molar-refractivity contribution in [2.24, 2.45) is 0 Å². The van der Waals surface area contributed by atoms with Gasteiger partial charge in [-0.3, -0.25) is 0 Å². The van der Waals surface area contributed by atoms with E-state index in [9.17, 15) is 10.2 Å². The number of rotatable bonds is 2. The topological polar surface area (TPSA) is 49.7 Å². The molecular weight excluding hydrogens is 204 g/mol. The summed E-state index contributed by atoms with van der Waals surface area (Å²) in [6, 6.07) is 6.99. The molecule has 3 nitrogen and oxygen atoms in total. The summed E-state index contributed by atoms with van der Waals surface area (Å²) in [5, 5.41) is 19.1. The fraction of sp³-hybridized carbons (Fsp3) is 0.385. The first-order valence-corrected chi connectivity index (χ1v) is 4.99. The molecule has 0 radical (unpaired) electrons. The zero-order valence-corrected chi connectivity index (χ0v) is 9.69. The molecule has 2 N–H and O–H groups in total. The highest BCUT2D eigenvalue weighted by atomic mass is 16.5. The zero-order valence-electron chi connectivity index (χ0n) is 9.69. The van der Waals surface area contributed by atoms with Crippen molar-refractivity contribution in [1.29, 1.82) is 0 Å². The number of aliphatic hydroxyl groups excluding tert-OH is 1. The maximum atomic E-state index is 9.72. The molecular formula is C13H16O3. The van der Waals surface area contributed by atoms with Crippen LogP contribution in [-0.4, -0.2) is 22.9 Å². The Balaban J connectivity index is 2.79. The maximum Gasteiger partial charge on any atom is 0.140 e. The van der Waals surface area contributed by atoms with E-state index in [1.54, 1.807) is 45.2 Å². The fourth-order valence-electron chi connectivity index (χ4n) is 1.11. The van der Waals surface area contributed by atoms with Crippen molar-refractivity contribution in [2.45, 2.75) is 25.6 Å².